The highest BCUT2D eigenvalue weighted by molar-refractivity contribution is 5.48. The molecule has 0 amide bonds. The van der Waals surface area contributed by atoms with Crippen molar-refractivity contribution >= 4 is 0 Å². The molecule has 1 unspecified atom stereocenters. The number of methoxy groups -OCH3 is 1. The molecule has 0 spiro atoms. The van der Waals surface area contributed by atoms with E-state index in [1.807, 2.05) is 25.1 Å². The SMILES string of the molecule is CCN(Cc1ccc(OC)c(C#CCN)c1)CC(C)C#N. The van der Waals surface area contributed by atoms with Gasteiger partial charge >= 0.3 is 0 Å². The molecule has 2 N–H and O–H groups in total. The highest BCUT2D eigenvalue weighted by Gasteiger charge is 2.10. The minimum atomic E-state index is 0.0275. The normalized spacial score (nSPS) is 11.4. The topological polar surface area (TPSA) is 62.3 Å². The van der Waals surface area contributed by atoms with Crippen molar-refractivity contribution in [3.8, 4) is 23.7 Å². The van der Waals surface area contributed by atoms with Crippen molar-refractivity contribution in [2.75, 3.05) is 26.7 Å². The maximum Gasteiger partial charge on any atom is 0.134 e. The molecule has 0 fully saturated rings. The molecular formula is C17H23N3O. The third-order valence-electron chi connectivity index (χ3n) is 3.19. The Hall–Kier alpha value is -2.01. The van der Waals surface area contributed by atoms with Crippen LogP contribution in [0.15, 0.2) is 18.2 Å². The van der Waals surface area contributed by atoms with Crippen molar-refractivity contribution in [3.05, 3.63) is 29.3 Å². The van der Waals surface area contributed by atoms with E-state index >= 15 is 0 Å². The quantitative estimate of drug-likeness (QED) is 0.812. The van der Waals surface area contributed by atoms with Gasteiger partial charge in [-0.1, -0.05) is 24.8 Å². The van der Waals surface area contributed by atoms with Crippen LogP contribution in [0.4, 0.5) is 0 Å². The Labute approximate surface area is 127 Å². The third-order valence-corrected chi connectivity index (χ3v) is 3.19. The van der Waals surface area contributed by atoms with E-state index < -0.39 is 0 Å². The summed E-state index contributed by atoms with van der Waals surface area (Å²) in [7, 11) is 1.63. The zero-order chi connectivity index (χ0) is 15.7. The lowest BCUT2D eigenvalue weighted by molar-refractivity contribution is 0.260. The van der Waals surface area contributed by atoms with Gasteiger partial charge in [-0.05, 0) is 31.2 Å². The monoisotopic (exact) mass is 285 g/mol. The summed E-state index contributed by atoms with van der Waals surface area (Å²) < 4.78 is 5.31. The summed E-state index contributed by atoms with van der Waals surface area (Å²) in [6, 6.07) is 8.27. The summed E-state index contributed by atoms with van der Waals surface area (Å²) >= 11 is 0. The number of nitriles is 1. The van der Waals surface area contributed by atoms with E-state index in [2.05, 4.69) is 29.7 Å². The van der Waals surface area contributed by atoms with E-state index in [1.54, 1.807) is 7.11 Å². The minimum absolute atomic E-state index is 0.0275. The van der Waals surface area contributed by atoms with Crippen molar-refractivity contribution in [3.63, 3.8) is 0 Å². The van der Waals surface area contributed by atoms with Crippen LogP contribution in [0, 0.1) is 29.1 Å². The van der Waals surface area contributed by atoms with Gasteiger partial charge in [-0.25, -0.2) is 0 Å². The Bertz CT molecular complexity index is 551. The number of hydrogen-bond donors (Lipinski definition) is 1. The molecule has 112 valence electrons. The predicted molar refractivity (Wildman–Crippen MR) is 84.7 cm³/mol. The van der Waals surface area contributed by atoms with Crippen LogP contribution in [-0.2, 0) is 6.54 Å². The summed E-state index contributed by atoms with van der Waals surface area (Å²) in [5.74, 6) is 6.68. The van der Waals surface area contributed by atoms with Crippen LogP contribution in [0.2, 0.25) is 0 Å². The van der Waals surface area contributed by atoms with Gasteiger partial charge < -0.3 is 10.5 Å². The summed E-state index contributed by atoms with van der Waals surface area (Å²) in [4.78, 5) is 2.25. The second-order valence-corrected chi connectivity index (χ2v) is 4.90. The lowest BCUT2D eigenvalue weighted by Crippen LogP contribution is -2.27. The van der Waals surface area contributed by atoms with Crippen LogP contribution in [0.5, 0.6) is 5.75 Å². The van der Waals surface area contributed by atoms with E-state index in [-0.39, 0.29) is 5.92 Å². The van der Waals surface area contributed by atoms with Crippen LogP contribution in [0.3, 0.4) is 0 Å². The van der Waals surface area contributed by atoms with E-state index in [0.29, 0.717) is 6.54 Å². The second kappa shape index (κ2) is 9.02. The predicted octanol–water partition coefficient (Wildman–Crippen LogP) is 1.99. The molecule has 0 saturated heterocycles. The molecule has 1 atom stereocenters. The minimum Gasteiger partial charge on any atom is -0.495 e. The molecular weight excluding hydrogens is 262 g/mol. The third kappa shape index (κ3) is 5.47. The van der Waals surface area contributed by atoms with Gasteiger partial charge in [-0.2, -0.15) is 5.26 Å². The van der Waals surface area contributed by atoms with Crippen LogP contribution >= 0.6 is 0 Å². The average Bonchev–Trinajstić information content (AvgIpc) is 2.52. The first-order valence-corrected chi connectivity index (χ1v) is 7.12. The smallest absolute Gasteiger partial charge is 0.134 e. The molecule has 0 bridgehead atoms. The lowest BCUT2D eigenvalue weighted by atomic mass is 10.1. The van der Waals surface area contributed by atoms with Gasteiger partial charge in [-0.15, -0.1) is 0 Å². The second-order valence-electron chi connectivity index (χ2n) is 4.90. The molecule has 0 aliphatic carbocycles. The van der Waals surface area contributed by atoms with Crippen molar-refractivity contribution in [2.45, 2.75) is 20.4 Å². The van der Waals surface area contributed by atoms with Crippen molar-refractivity contribution in [1.82, 2.24) is 4.90 Å². The van der Waals surface area contributed by atoms with Crippen molar-refractivity contribution in [2.24, 2.45) is 11.7 Å². The molecule has 0 heterocycles. The van der Waals surface area contributed by atoms with Gasteiger partial charge in [0.05, 0.1) is 31.2 Å². The molecule has 21 heavy (non-hydrogen) atoms. The summed E-state index contributed by atoms with van der Waals surface area (Å²) in [5, 5.41) is 8.93. The largest absolute Gasteiger partial charge is 0.495 e. The van der Waals surface area contributed by atoms with E-state index in [1.165, 1.54) is 0 Å². The molecule has 1 aromatic rings. The Morgan fingerprint density at radius 2 is 2.19 bits per heavy atom. The molecule has 0 aromatic heterocycles. The molecule has 4 nitrogen and oxygen atoms in total. The zero-order valence-electron chi connectivity index (χ0n) is 13.0. The molecule has 0 aliphatic heterocycles. The lowest BCUT2D eigenvalue weighted by Gasteiger charge is -2.21. The highest BCUT2D eigenvalue weighted by atomic mass is 16.5. The molecule has 4 heteroatoms. The van der Waals surface area contributed by atoms with Crippen LogP contribution in [0.25, 0.3) is 0 Å². The Morgan fingerprint density at radius 1 is 1.43 bits per heavy atom. The van der Waals surface area contributed by atoms with E-state index in [4.69, 9.17) is 15.7 Å². The number of benzene rings is 1. The summed E-state index contributed by atoms with van der Waals surface area (Å²) in [6.07, 6.45) is 0. The fraction of sp³-hybridized carbons (Fsp3) is 0.471. The molecule has 1 aromatic carbocycles. The Kier molecular flexibility index (Phi) is 7.32. The summed E-state index contributed by atoms with van der Waals surface area (Å²) in [6.45, 7) is 6.83. The van der Waals surface area contributed by atoms with Gasteiger partial charge in [0.25, 0.3) is 0 Å². The van der Waals surface area contributed by atoms with Crippen molar-refractivity contribution in [1.29, 1.82) is 5.26 Å². The van der Waals surface area contributed by atoms with Gasteiger partial charge in [-0.3, -0.25) is 4.90 Å². The van der Waals surface area contributed by atoms with Crippen LogP contribution in [0.1, 0.15) is 25.0 Å². The zero-order valence-corrected chi connectivity index (χ0v) is 13.0. The number of ether oxygens (including phenoxy) is 1. The number of nitrogens with zero attached hydrogens (tertiary/aromatic N) is 2. The highest BCUT2D eigenvalue weighted by Crippen LogP contribution is 2.20. The van der Waals surface area contributed by atoms with Gasteiger partial charge in [0.2, 0.25) is 0 Å². The van der Waals surface area contributed by atoms with Gasteiger partial charge in [0.1, 0.15) is 5.75 Å². The Balaban J connectivity index is 2.90. The van der Waals surface area contributed by atoms with Crippen LogP contribution < -0.4 is 10.5 Å². The number of rotatable bonds is 6. The van der Waals surface area contributed by atoms with E-state index in [0.717, 1.165) is 36.5 Å². The first-order valence-electron chi connectivity index (χ1n) is 7.12. The molecule has 1 rings (SSSR count). The average molecular weight is 285 g/mol. The first kappa shape index (κ1) is 17.0. The maximum atomic E-state index is 8.93. The molecule has 0 aliphatic rings. The van der Waals surface area contributed by atoms with Gasteiger partial charge in [0.15, 0.2) is 0 Å². The maximum absolute atomic E-state index is 8.93. The fourth-order valence-electron chi connectivity index (χ4n) is 2.09. The van der Waals surface area contributed by atoms with E-state index in [9.17, 15) is 0 Å². The standard InChI is InChI=1S/C17H23N3O/c1-4-20(12-14(2)11-19)13-15-7-8-17(21-3)16(10-15)6-5-9-18/h7-8,10,14H,4,9,12-13,18H2,1-3H3. The summed E-state index contributed by atoms with van der Waals surface area (Å²) in [5.41, 5.74) is 7.43. The number of nitrogens with two attached hydrogens (primary N) is 1. The van der Waals surface area contributed by atoms with Gasteiger partial charge in [0, 0.05) is 13.1 Å². The molecule has 0 saturated carbocycles. The van der Waals surface area contributed by atoms with Crippen LogP contribution in [-0.4, -0.2) is 31.6 Å². The Morgan fingerprint density at radius 3 is 2.76 bits per heavy atom. The molecule has 0 radical (unpaired) electrons. The number of hydrogen-bond acceptors (Lipinski definition) is 4. The fourth-order valence-corrected chi connectivity index (χ4v) is 2.09. The van der Waals surface area contributed by atoms with Crippen molar-refractivity contribution < 1.29 is 4.74 Å². The first-order chi connectivity index (χ1) is 10.1.